The van der Waals surface area contributed by atoms with Crippen LogP contribution in [0.3, 0.4) is 0 Å². The van der Waals surface area contributed by atoms with Gasteiger partial charge in [-0.05, 0) is 18.2 Å². The van der Waals surface area contributed by atoms with Gasteiger partial charge in [-0.2, -0.15) is 0 Å². The molecule has 2 atom stereocenters. The van der Waals surface area contributed by atoms with Crippen molar-refractivity contribution in [2.75, 3.05) is 19.4 Å². The molecule has 2 rings (SSSR count). The van der Waals surface area contributed by atoms with E-state index in [9.17, 15) is 14.7 Å². The number of carbonyl (C=O) groups excluding carboxylic acids is 1. The molecule has 0 saturated carbocycles. The lowest BCUT2D eigenvalue weighted by Gasteiger charge is -2.22. The van der Waals surface area contributed by atoms with Crippen LogP contribution in [0, 0.1) is 0 Å². The second kappa shape index (κ2) is 5.38. The Bertz CT molecular complexity index is 546. The number of ether oxygens (including phenoxy) is 1. The van der Waals surface area contributed by atoms with Gasteiger partial charge >= 0.3 is 5.97 Å². The zero-order chi connectivity index (χ0) is 14.9. The van der Waals surface area contributed by atoms with Crippen LogP contribution in [0.25, 0.3) is 0 Å². The standard InChI is InChI=1S/C13H16N2O5/c1-20-8-2-3-10(14)9(5-8)12(17)15-6-7(16)4-11(15)13(18)19/h2-3,5,7,11,16H,4,6,14H2,1H3,(H,18,19). The lowest BCUT2D eigenvalue weighted by atomic mass is 10.1. The molecule has 1 amide bonds. The first-order chi connectivity index (χ1) is 9.43. The molecule has 0 radical (unpaired) electrons. The average molecular weight is 280 g/mol. The summed E-state index contributed by atoms with van der Waals surface area (Å²) in [6.45, 7) is -0.0214. The minimum atomic E-state index is -1.14. The number of carboxylic acids is 1. The highest BCUT2D eigenvalue weighted by Gasteiger charge is 2.39. The molecule has 1 aromatic rings. The molecule has 7 heteroatoms. The number of amides is 1. The zero-order valence-electron chi connectivity index (χ0n) is 10.9. The van der Waals surface area contributed by atoms with Crippen molar-refractivity contribution < 1.29 is 24.5 Å². The maximum Gasteiger partial charge on any atom is 0.326 e. The van der Waals surface area contributed by atoms with E-state index in [1.54, 1.807) is 6.07 Å². The third-order valence-corrected chi connectivity index (χ3v) is 3.32. The van der Waals surface area contributed by atoms with E-state index in [1.807, 2.05) is 0 Å². The fourth-order valence-electron chi connectivity index (χ4n) is 2.27. The maximum atomic E-state index is 12.4. The van der Waals surface area contributed by atoms with Gasteiger partial charge in [-0.15, -0.1) is 0 Å². The molecule has 0 spiro atoms. The molecule has 1 heterocycles. The topological polar surface area (TPSA) is 113 Å². The smallest absolute Gasteiger partial charge is 0.326 e. The van der Waals surface area contributed by atoms with Crippen molar-refractivity contribution in [1.82, 2.24) is 4.90 Å². The van der Waals surface area contributed by atoms with Gasteiger partial charge in [-0.1, -0.05) is 0 Å². The van der Waals surface area contributed by atoms with Crippen molar-refractivity contribution in [2.45, 2.75) is 18.6 Å². The predicted octanol–water partition coefficient (Wildman–Crippen LogP) is -0.0626. The summed E-state index contributed by atoms with van der Waals surface area (Å²) < 4.78 is 5.03. The number of nitrogens with two attached hydrogens (primary N) is 1. The van der Waals surface area contributed by atoms with E-state index in [0.717, 1.165) is 4.90 Å². The highest BCUT2D eigenvalue weighted by atomic mass is 16.5. The number of aliphatic hydroxyl groups is 1. The monoisotopic (exact) mass is 280 g/mol. The molecule has 1 aromatic carbocycles. The van der Waals surface area contributed by atoms with Crippen molar-refractivity contribution >= 4 is 17.6 Å². The van der Waals surface area contributed by atoms with E-state index < -0.39 is 24.0 Å². The third kappa shape index (κ3) is 2.53. The van der Waals surface area contributed by atoms with E-state index >= 15 is 0 Å². The highest BCUT2D eigenvalue weighted by molar-refractivity contribution is 6.01. The van der Waals surface area contributed by atoms with Crippen molar-refractivity contribution in [3.05, 3.63) is 23.8 Å². The summed E-state index contributed by atoms with van der Waals surface area (Å²) in [6, 6.07) is 3.55. The van der Waals surface area contributed by atoms with Gasteiger partial charge in [0.1, 0.15) is 11.8 Å². The van der Waals surface area contributed by atoms with Gasteiger partial charge in [0, 0.05) is 18.7 Å². The Kier molecular flexibility index (Phi) is 3.80. The van der Waals surface area contributed by atoms with Crippen LogP contribution < -0.4 is 10.5 Å². The van der Waals surface area contributed by atoms with Crippen LogP contribution in [0.4, 0.5) is 5.69 Å². The van der Waals surface area contributed by atoms with Crippen LogP contribution in [0.2, 0.25) is 0 Å². The number of carbonyl (C=O) groups is 2. The first kappa shape index (κ1) is 14.1. The molecule has 2 unspecified atom stereocenters. The van der Waals surface area contributed by atoms with Crippen molar-refractivity contribution in [2.24, 2.45) is 0 Å². The summed E-state index contributed by atoms with van der Waals surface area (Å²) in [4.78, 5) is 24.7. The SMILES string of the molecule is COc1ccc(N)c(C(=O)N2CC(O)CC2C(=O)O)c1. The molecule has 7 nitrogen and oxygen atoms in total. The summed E-state index contributed by atoms with van der Waals surface area (Å²) in [5.41, 5.74) is 6.16. The van der Waals surface area contributed by atoms with E-state index in [-0.39, 0.29) is 24.2 Å². The summed E-state index contributed by atoms with van der Waals surface area (Å²) in [7, 11) is 1.46. The van der Waals surface area contributed by atoms with E-state index in [4.69, 9.17) is 15.6 Å². The minimum absolute atomic E-state index is 0.0188. The summed E-state index contributed by atoms with van der Waals surface area (Å²) in [6.07, 6.45) is -0.822. The molecule has 4 N–H and O–H groups in total. The number of aliphatic carboxylic acids is 1. The van der Waals surface area contributed by atoms with Crippen LogP contribution in [0.5, 0.6) is 5.75 Å². The Morgan fingerprint density at radius 2 is 2.15 bits per heavy atom. The molecular weight excluding hydrogens is 264 g/mol. The van der Waals surface area contributed by atoms with Crippen LogP contribution in [0.15, 0.2) is 18.2 Å². The highest BCUT2D eigenvalue weighted by Crippen LogP contribution is 2.25. The summed E-state index contributed by atoms with van der Waals surface area (Å²) in [5, 5.41) is 18.7. The fraction of sp³-hybridized carbons (Fsp3) is 0.385. The van der Waals surface area contributed by atoms with Gasteiger partial charge in [0.2, 0.25) is 0 Å². The number of rotatable bonds is 3. The Morgan fingerprint density at radius 1 is 1.45 bits per heavy atom. The lowest BCUT2D eigenvalue weighted by molar-refractivity contribution is -0.141. The largest absolute Gasteiger partial charge is 0.497 e. The molecule has 1 aliphatic heterocycles. The first-order valence-corrected chi connectivity index (χ1v) is 6.09. The zero-order valence-corrected chi connectivity index (χ0v) is 10.9. The average Bonchev–Trinajstić information content (AvgIpc) is 2.81. The van der Waals surface area contributed by atoms with E-state index in [1.165, 1.54) is 19.2 Å². The normalized spacial score (nSPS) is 21.8. The number of hydrogen-bond acceptors (Lipinski definition) is 5. The van der Waals surface area contributed by atoms with Gasteiger partial charge in [0.15, 0.2) is 0 Å². The number of anilines is 1. The molecule has 0 bridgehead atoms. The molecule has 1 fully saturated rings. The van der Waals surface area contributed by atoms with Crippen molar-refractivity contribution in [1.29, 1.82) is 0 Å². The van der Waals surface area contributed by atoms with Crippen LogP contribution >= 0.6 is 0 Å². The number of nitrogens with zero attached hydrogens (tertiary/aromatic N) is 1. The maximum absolute atomic E-state index is 12.4. The van der Waals surface area contributed by atoms with Gasteiger partial charge in [0.25, 0.3) is 5.91 Å². The quantitative estimate of drug-likeness (QED) is 0.668. The van der Waals surface area contributed by atoms with Crippen molar-refractivity contribution in [3.63, 3.8) is 0 Å². The number of likely N-dealkylation sites (tertiary alicyclic amines) is 1. The predicted molar refractivity (Wildman–Crippen MR) is 70.5 cm³/mol. The second-order valence-electron chi connectivity index (χ2n) is 4.65. The van der Waals surface area contributed by atoms with Crippen LogP contribution in [-0.4, -0.2) is 52.8 Å². The van der Waals surface area contributed by atoms with Gasteiger partial charge in [-0.3, -0.25) is 4.79 Å². The molecule has 0 aromatic heterocycles. The summed E-state index contributed by atoms with van der Waals surface area (Å²) in [5.74, 6) is -1.21. The molecule has 1 aliphatic rings. The Morgan fingerprint density at radius 3 is 2.75 bits per heavy atom. The number of nitrogen functional groups attached to an aromatic ring is 1. The third-order valence-electron chi connectivity index (χ3n) is 3.32. The number of hydrogen-bond donors (Lipinski definition) is 3. The van der Waals surface area contributed by atoms with Crippen LogP contribution in [-0.2, 0) is 4.79 Å². The van der Waals surface area contributed by atoms with Crippen LogP contribution in [0.1, 0.15) is 16.8 Å². The minimum Gasteiger partial charge on any atom is -0.497 e. The number of β-amino-alcohol motifs (C(OH)–C–C–N with tert-alkyl or cyclic N) is 1. The van der Waals surface area contributed by atoms with Gasteiger partial charge < -0.3 is 25.6 Å². The van der Waals surface area contributed by atoms with Crippen molar-refractivity contribution in [3.8, 4) is 5.75 Å². The first-order valence-electron chi connectivity index (χ1n) is 6.09. The molecule has 108 valence electrons. The van der Waals surface area contributed by atoms with E-state index in [2.05, 4.69) is 0 Å². The second-order valence-corrected chi connectivity index (χ2v) is 4.65. The molecule has 0 aliphatic carbocycles. The lowest BCUT2D eigenvalue weighted by Crippen LogP contribution is -2.40. The number of carboxylic acid groups (broad SMARTS) is 1. The molecule has 20 heavy (non-hydrogen) atoms. The number of benzene rings is 1. The fourth-order valence-corrected chi connectivity index (χ4v) is 2.27. The Labute approximate surface area is 115 Å². The van der Waals surface area contributed by atoms with Gasteiger partial charge in [-0.25, -0.2) is 4.79 Å². The summed E-state index contributed by atoms with van der Waals surface area (Å²) >= 11 is 0. The molecular formula is C13H16N2O5. The number of methoxy groups -OCH3 is 1. The van der Waals surface area contributed by atoms with Gasteiger partial charge in [0.05, 0.1) is 18.8 Å². The Balaban J connectivity index is 2.33. The number of aliphatic hydroxyl groups excluding tert-OH is 1. The molecule has 1 saturated heterocycles. The Hall–Kier alpha value is -2.28. The van der Waals surface area contributed by atoms with E-state index in [0.29, 0.717) is 5.75 Å².